The summed E-state index contributed by atoms with van der Waals surface area (Å²) in [7, 11) is 0. The van der Waals surface area contributed by atoms with Crippen molar-refractivity contribution in [2.24, 2.45) is 0 Å². The first-order valence-corrected chi connectivity index (χ1v) is 10.4. The lowest BCUT2D eigenvalue weighted by Crippen LogP contribution is -2.38. The quantitative estimate of drug-likeness (QED) is 0.618. The second kappa shape index (κ2) is 7.98. The normalized spacial score (nSPS) is 16.4. The van der Waals surface area contributed by atoms with E-state index in [0.717, 1.165) is 37.1 Å². The number of amides is 1. The Labute approximate surface area is 170 Å². The summed E-state index contributed by atoms with van der Waals surface area (Å²) in [6.45, 7) is 6.63. The Kier molecular flexibility index (Phi) is 5.42. The zero-order valence-electron chi connectivity index (χ0n) is 16.4. The van der Waals surface area contributed by atoms with Gasteiger partial charge in [-0.1, -0.05) is 37.6 Å². The smallest absolute Gasteiger partial charge is 0.257 e. The molecule has 1 aliphatic carbocycles. The van der Waals surface area contributed by atoms with Gasteiger partial charge >= 0.3 is 0 Å². The molecule has 2 aromatic carbocycles. The van der Waals surface area contributed by atoms with Gasteiger partial charge in [0.15, 0.2) is 0 Å². The second-order valence-corrected chi connectivity index (χ2v) is 7.80. The maximum atomic E-state index is 12.6. The largest absolute Gasteiger partial charge is 0.358 e. The van der Waals surface area contributed by atoms with Crippen LogP contribution in [0.15, 0.2) is 42.5 Å². The highest BCUT2D eigenvalue weighted by atomic mass is 35.5. The third-order valence-corrected chi connectivity index (χ3v) is 6.20. The Morgan fingerprint density at radius 3 is 2.75 bits per heavy atom. The SMILES string of the molecule is CCN(CC)C1CCc2[nH]c3ccc(NC(=O)c4ccccc4Cl)cc3c2C1. The van der Waals surface area contributed by atoms with Crippen LogP contribution >= 0.6 is 11.6 Å². The average molecular weight is 396 g/mol. The Morgan fingerprint density at radius 2 is 2.00 bits per heavy atom. The molecule has 28 heavy (non-hydrogen) atoms. The van der Waals surface area contributed by atoms with Crippen LogP contribution in [0.1, 0.15) is 41.9 Å². The van der Waals surface area contributed by atoms with Crippen LogP contribution in [-0.4, -0.2) is 34.9 Å². The van der Waals surface area contributed by atoms with Crippen molar-refractivity contribution in [3.8, 4) is 0 Å². The fourth-order valence-corrected chi connectivity index (χ4v) is 4.59. The van der Waals surface area contributed by atoms with E-state index in [0.29, 0.717) is 16.6 Å². The van der Waals surface area contributed by atoms with Crippen molar-refractivity contribution in [2.75, 3.05) is 18.4 Å². The molecule has 1 atom stereocenters. The van der Waals surface area contributed by atoms with Gasteiger partial charge in [-0.15, -0.1) is 0 Å². The molecule has 1 aromatic heterocycles. The summed E-state index contributed by atoms with van der Waals surface area (Å²) in [4.78, 5) is 18.7. The summed E-state index contributed by atoms with van der Waals surface area (Å²) in [5.74, 6) is -0.185. The van der Waals surface area contributed by atoms with Gasteiger partial charge in [0, 0.05) is 28.3 Å². The van der Waals surface area contributed by atoms with Gasteiger partial charge < -0.3 is 15.2 Å². The topological polar surface area (TPSA) is 48.1 Å². The number of benzene rings is 2. The highest BCUT2D eigenvalue weighted by Crippen LogP contribution is 2.32. The minimum absolute atomic E-state index is 0.185. The fourth-order valence-electron chi connectivity index (χ4n) is 4.37. The number of nitrogens with one attached hydrogen (secondary N) is 2. The van der Waals surface area contributed by atoms with Gasteiger partial charge in [-0.25, -0.2) is 0 Å². The summed E-state index contributed by atoms with van der Waals surface area (Å²) >= 11 is 6.16. The van der Waals surface area contributed by atoms with E-state index in [1.165, 1.54) is 23.1 Å². The maximum absolute atomic E-state index is 12.6. The molecule has 1 amide bonds. The average Bonchev–Trinajstić information content (AvgIpc) is 3.07. The molecule has 0 saturated carbocycles. The van der Waals surface area contributed by atoms with E-state index in [1.807, 2.05) is 18.2 Å². The van der Waals surface area contributed by atoms with Gasteiger partial charge in [0.05, 0.1) is 10.6 Å². The highest BCUT2D eigenvalue weighted by Gasteiger charge is 2.25. The zero-order valence-corrected chi connectivity index (χ0v) is 17.1. The monoisotopic (exact) mass is 395 g/mol. The molecule has 0 aliphatic heterocycles. The van der Waals surface area contributed by atoms with Gasteiger partial charge in [0.25, 0.3) is 5.91 Å². The number of nitrogens with zero attached hydrogens (tertiary/aromatic N) is 1. The molecule has 1 unspecified atom stereocenters. The van der Waals surface area contributed by atoms with Gasteiger partial charge in [-0.3, -0.25) is 4.79 Å². The summed E-state index contributed by atoms with van der Waals surface area (Å²) in [5, 5.41) is 4.67. The molecule has 1 heterocycles. The Morgan fingerprint density at radius 1 is 1.21 bits per heavy atom. The predicted octanol–water partition coefficient (Wildman–Crippen LogP) is 5.27. The minimum atomic E-state index is -0.185. The fraction of sp³-hybridized carbons (Fsp3) is 0.348. The maximum Gasteiger partial charge on any atom is 0.257 e. The summed E-state index contributed by atoms with van der Waals surface area (Å²) in [6.07, 6.45) is 3.32. The molecular weight excluding hydrogens is 370 g/mol. The van der Waals surface area contributed by atoms with Crippen molar-refractivity contribution in [3.63, 3.8) is 0 Å². The van der Waals surface area contributed by atoms with Crippen LogP contribution in [0.5, 0.6) is 0 Å². The molecule has 4 nitrogen and oxygen atoms in total. The van der Waals surface area contributed by atoms with Gasteiger partial charge in [-0.2, -0.15) is 0 Å². The molecule has 3 aromatic rings. The van der Waals surface area contributed by atoms with E-state index in [2.05, 4.69) is 41.2 Å². The van der Waals surface area contributed by atoms with Crippen molar-refractivity contribution < 1.29 is 4.79 Å². The van der Waals surface area contributed by atoms with Gasteiger partial charge in [0.2, 0.25) is 0 Å². The van der Waals surface area contributed by atoms with Crippen molar-refractivity contribution in [2.45, 2.75) is 39.2 Å². The van der Waals surface area contributed by atoms with Crippen molar-refractivity contribution in [1.82, 2.24) is 9.88 Å². The Hall–Kier alpha value is -2.30. The molecule has 0 fully saturated rings. The van der Waals surface area contributed by atoms with Crippen LogP contribution in [-0.2, 0) is 12.8 Å². The van der Waals surface area contributed by atoms with E-state index in [1.54, 1.807) is 12.1 Å². The number of aryl methyl sites for hydroxylation is 1. The first-order valence-electron chi connectivity index (χ1n) is 10.0. The zero-order chi connectivity index (χ0) is 19.7. The number of carbonyl (C=O) groups is 1. The van der Waals surface area contributed by atoms with E-state index in [-0.39, 0.29) is 5.91 Å². The number of carbonyl (C=O) groups excluding carboxylic acids is 1. The summed E-state index contributed by atoms with van der Waals surface area (Å²) in [5.41, 5.74) is 5.16. The number of aromatic amines is 1. The number of rotatable bonds is 5. The molecule has 0 radical (unpaired) electrons. The van der Waals surface area contributed by atoms with Crippen molar-refractivity contribution >= 4 is 34.1 Å². The number of hydrogen-bond acceptors (Lipinski definition) is 2. The van der Waals surface area contributed by atoms with E-state index in [4.69, 9.17) is 11.6 Å². The molecule has 1 aliphatic rings. The van der Waals surface area contributed by atoms with Crippen LogP contribution in [0.2, 0.25) is 5.02 Å². The van der Waals surface area contributed by atoms with Gasteiger partial charge in [-0.05, 0) is 68.2 Å². The predicted molar refractivity (Wildman–Crippen MR) is 116 cm³/mol. The number of H-pyrrole nitrogens is 1. The highest BCUT2D eigenvalue weighted by molar-refractivity contribution is 6.34. The second-order valence-electron chi connectivity index (χ2n) is 7.39. The molecule has 0 bridgehead atoms. The number of anilines is 1. The van der Waals surface area contributed by atoms with Crippen LogP contribution in [0.4, 0.5) is 5.69 Å². The Balaban J connectivity index is 1.62. The van der Waals surface area contributed by atoms with Crippen LogP contribution in [0.3, 0.4) is 0 Å². The summed E-state index contributed by atoms with van der Waals surface area (Å²) < 4.78 is 0. The van der Waals surface area contributed by atoms with Crippen LogP contribution < -0.4 is 5.32 Å². The molecule has 2 N–H and O–H groups in total. The molecule has 0 saturated heterocycles. The number of aromatic nitrogens is 1. The lowest BCUT2D eigenvalue weighted by Gasteiger charge is -2.32. The lowest BCUT2D eigenvalue weighted by molar-refractivity contribution is 0.102. The number of fused-ring (bicyclic) bond motifs is 3. The van der Waals surface area contributed by atoms with E-state index < -0.39 is 0 Å². The van der Waals surface area contributed by atoms with Crippen LogP contribution in [0, 0.1) is 0 Å². The summed E-state index contributed by atoms with van der Waals surface area (Å²) in [6, 6.07) is 13.8. The third-order valence-electron chi connectivity index (χ3n) is 5.87. The first kappa shape index (κ1) is 19.0. The third kappa shape index (κ3) is 3.54. The number of hydrogen-bond donors (Lipinski definition) is 2. The standard InChI is InChI=1S/C23H26ClN3O/c1-3-27(4-2)16-10-12-22-19(14-16)18-13-15(9-11-21(18)26-22)25-23(28)17-7-5-6-8-20(17)24/h5-9,11,13,16,26H,3-4,10,12,14H2,1-2H3,(H,25,28). The molecule has 0 spiro atoms. The molecule has 5 heteroatoms. The van der Waals surface area contributed by atoms with Crippen molar-refractivity contribution in [1.29, 1.82) is 0 Å². The first-order chi connectivity index (χ1) is 13.6. The Bertz CT molecular complexity index is 1010. The molecular formula is C23H26ClN3O. The van der Waals surface area contributed by atoms with E-state index >= 15 is 0 Å². The van der Waals surface area contributed by atoms with Gasteiger partial charge in [0.1, 0.15) is 0 Å². The lowest BCUT2D eigenvalue weighted by atomic mass is 9.90. The van der Waals surface area contributed by atoms with Crippen LogP contribution in [0.25, 0.3) is 10.9 Å². The van der Waals surface area contributed by atoms with Crippen molar-refractivity contribution in [3.05, 3.63) is 64.3 Å². The molecule has 146 valence electrons. The minimum Gasteiger partial charge on any atom is -0.358 e. The number of likely N-dealkylation sites (N-methyl/N-ethyl adjacent to an activating group) is 1. The molecule has 4 rings (SSSR count). The van der Waals surface area contributed by atoms with E-state index in [9.17, 15) is 4.79 Å². The number of halogens is 1.